The van der Waals surface area contributed by atoms with Gasteiger partial charge in [0.05, 0.1) is 18.1 Å². The van der Waals surface area contributed by atoms with E-state index in [0.717, 1.165) is 12.0 Å². The fraction of sp³-hybridized carbons (Fsp3) is 0.632. The highest BCUT2D eigenvalue weighted by atomic mass is 32.2. The number of hydrogen-bond donors (Lipinski definition) is 3. The van der Waals surface area contributed by atoms with Gasteiger partial charge in [-0.2, -0.15) is 0 Å². The van der Waals surface area contributed by atoms with Gasteiger partial charge in [0.2, 0.25) is 0 Å². The summed E-state index contributed by atoms with van der Waals surface area (Å²) < 4.78 is 29.9. The van der Waals surface area contributed by atoms with E-state index in [1.165, 1.54) is 0 Å². The highest BCUT2D eigenvalue weighted by Gasteiger charge is 2.34. The van der Waals surface area contributed by atoms with Gasteiger partial charge in [0.15, 0.2) is 15.8 Å². The number of hydrogen-bond acceptors (Lipinski definition) is 5. The lowest BCUT2D eigenvalue weighted by atomic mass is 9.84. The minimum absolute atomic E-state index is 0.0641. The first-order valence-corrected chi connectivity index (χ1v) is 11.2. The largest absolute Gasteiger partial charge is 0.396 e. The number of aliphatic hydroxyl groups excluding tert-OH is 1. The molecule has 1 aromatic carbocycles. The van der Waals surface area contributed by atoms with Gasteiger partial charge in [0.25, 0.3) is 0 Å². The molecule has 0 amide bonds. The third-order valence-electron chi connectivity index (χ3n) is 4.84. The first-order chi connectivity index (χ1) is 13.0. The van der Waals surface area contributed by atoms with Gasteiger partial charge in [-0.1, -0.05) is 30.3 Å². The van der Waals surface area contributed by atoms with E-state index in [4.69, 9.17) is 4.74 Å². The lowest BCUT2D eigenvalue weighted by Crippen LogP contribution is -2.44. The molecule has 0 aromatic heterocycles. The maximum Gasteiger partial charge on any atom is 0.190 e. The van der Waals surface area contributed by atoms with E-state index in [0.29, 0.717) is 45.1 Å². The molecule has 1 heterocycles. The van der Waals surface area contributed by atoms with Crippen LogP contribution in [0.5, 0.6) is 0 Å². The molecule has 2 rings (SSSR count). The second-order valence-electron chi connectivity index (χ2n) is 7.06. The van der Waals surface area contributed by atoms with Crippen LogP contribution in [-0.4, -0.2) is 65.2 Å². The molecule has 3 N–H and O–H groups in total. The summed E-state index contributed by atoms with van der Waals surface area (Å²) in [7, 11) is -1.44. The maximum atomic E-state index is 12.2. The summed E-state index contributed by atoms with van der Waals surface area (Å²) in [6.07, 6.45) is 2.12. The molecule has 0 spiro atoms. The van der Waals surface area contributed by atoms with Crippen molar-refractivity contribution < 1.29 is 18.3 Å². The Bertz CT molecular complexity index is 686. The molecule has 152 valence electrons. The molecule has 1 atom stereocenters. The second kappa shape index (κ2) is 10.6. The summed E-state index contributed by atoms with van der Waals surface area (Å²) in [6, 6.07) is 9.23. The Morgan fingerprint density at radius 2 is 2.07 bits per heavy atom. The van der Waals surface area contributed by atoms with Crippen LogP contribution in [0.3, 0.4) is 0 Å². The van der Waals surface area contributed by atoms with Gasteiger partial charge in [-0.25, -0.2) is 8.42 Å². The number of aliphatic imine (C=N–C) groups is 1. The van der Waals surface area contributed by atoms with Gasteiger partial charge >= 0.3 is 0 Å². The number of benzene rings is 1. The van der Waals surface area contributed by atoms with Crippen molar-refractivity contribution in [2.45, 2.75) is 25.0 Å². The Morgan fingerprint density at radius 1 is 1.30 bits per heavy atom. The third kappa shape index (κ3) is 7.48. The number of nitrogens with zero attached hydrogens (tertiary/aromatic N) is 1. The van der Waals surface area contributed by atoms with Gasteiger partial charge in [-0.15, -0.1) is 0 Å². The topological polar surface area (TPSA) is 100 Å². The van der Waals surface area contributed by atoms with Crippen LogP contribution in [0.4, 0.5) is 0 Å². The van der Waals surface area contributed by atoms with Crippen molar-refractivity contribution in [2.24, 2.45) is 10.4 Å². The zero-order valence-electron chi connectivity index (χ0n) is 16.0. The van der Waals surface area contributed by atoms with Crippen molar-refractivity contribution in [2.75, 3.05) is 45.7 Å². The summed E-state index contributed by atoms with van der Waals surface area (Å²) >= 11 is 0. The number of sulfone groups is 1. The Labute approximate surface area is 162 Å². The summed E-state index contributed by atoms with van der Waals surface area (Å²) in [6.45, 7) is 2.68. The standard InChI is InChI=1S/C19H31N3O4S/c1-20-18(22-15-19(8-11-23)9-12-26-16-19)21-10-5-13-27(24,25)14-17-6-3-2-4-7-17/h2-4,6-7,23H,5,8-16H2,1H3,(H2,20,21,22). The Kier molecular flexibility index (Phi) is 8.53. The molecule has 1 saturated heterocycles. The molecule has 27 heavy (non-hydrogen) atoms. The van der Waals surface area contributed by atoms with Crippen LogP contribution in [0.15, 0.2) is 35.3 Å². The predicted octanol–water partition coefficient (Wildman–Crippen LogP) is 0.946. The summed E-state index contributed by atoms with van der Waals surface area (Å²) in [5.74, 6) is 0.846. The Morgan fingerprint density at radius 3 is 2.70 bits per heavy atom. The summed E-state index contributed by atoms with van der Waals surface area (Å²) in [5.41, 5.74) is 0.752. The van der Waals surface area contributed by atoms with Crippen LogP contribution in [0.2, 0.25) is 0 Å². The van der Waals surface area contributed by atoms with E-state index < -0.39 is 9.84 Å². The fourth-order valence-corrected chi connectivity index (χ4v) is 4.63. The molecule has 1 aromatic rings. The molecule has 0 saturated carbocycles. The first-order valence-electron chi connectivity index (χ1n) is 9.36. The molecule has 0 bridgehead atoms. The van der Waals surface area contributed by atoms with E-state index in [1.54, 1.807) is 7.05 Å². The Hall–Kier alpha value is -1.64. The van der Waals surface area contributed by atoms with Crippen LogP contribution >= 0.6 is 0 Å². The monoisotopic (exact) mass is 397 g/mol. The van der Waals surface area contributed by atoms with Crippen molar-refractivity contribution in [3.63, 3.8) is 0 Å². The van der Waals surface area contributed by atoms with Crippen LogP contribution in [0.1, 0.15) is 24.8 Å². The molecule has 1 aliphatic rings. The molecule has 1 aliphatic heterocycles. The van der Waals surface area contributed by atoms with E-state index >= 15 is 0 Å². The number of ether oxygens (including phenoxy) is 1. The number of rotatable bonds is 10. The van der Waals surface area contributed by atoms with E-state index in [1.807, 2.05) is 30.3 Å². The molecule has 0 radical (unpaired) electrons. The van der Waals surface area contributed by atoms with Crippen LogP contribution < -0.4 is 10.6 Å². The average molecular weight is 398 g/mol. The first kappa shape index (κ1) is 21.7. The third-order valence-corrected chi connectivity index (χ3v) is 6.52. The molecule has 0 aliphatic carbocycles. The summed E-state index contributed by atoms with van der Waals surface area (Å²) in [5, 5.41) is 15.7. The molecule has 8 heteroatoms. The zero-order chi connectivity index (χ0) is 19.6. The minimum atomic E-state index is -3.13. The van der Waals surface area contributed by atoms with Crippen LogP contribution in [-0.2, 0) is 20.3 Å². The lowest BCUT2D eigenvalue weighted by Gasteiger charge is -2.27. The molecule has 7 nitrogen and oxygen atoms in total. The lowest BCUT2D eigenvalue weighted by molar-refractivity contribution is 0.127. The summed E-state index contributed by atoms with van der Waals surface area (Å²) in [4.78, 5) is 4.18. The van der Waals surface area contributed by atoms with Gasteiger partial charge in [-0.3, -0.25) is 4.99 Å². The minimum Gasteiger partial charge on any atom is -0.396 e. The highest BCUT2D eigenvalue weighted by Crippen LogP contribution is 2.31. The number of aliphatic hydroxyl groups is 1. The van der Waals surface area contributed by atoms with Crippen molar-refractivity contribution in [1.29, 1.82) is 0 Å². The van der Waals surface area contributed by atoms with Crippen molar-refractivity contribution in [1.82, 2.24) is 10.6 Å². The average Bonchev–Trinajstić information content (AvgIpc) is 3.10. The molecule has 1 fully saturated rings. The second-order valence-corrected chi connectivity index (χ2v) is 9.24. The van der Waals surface area contributed by atoms with E-state index in [9.17, 15) is 13.5 Å². The van der Waals surface area contributed by atoms with Gasteiger partial charge in [0.1, 0.15) is 0 Å². The van der Waals surface area contributed by atoms with E-state index in [-0.39, 0.29) is 23.5 Å². The van der Waals surface area contributed by atoms with Gasteiger partial charge in [-0.05, 0) is 24.8 Å². The normalized spacial score (nSPS) is 20.6. The predicted molar refractivity (Wildman–Crippen MR) is 107 cm³/mol. The van der Waals surface area contributed by atoms with Crippen LogP contribution in [0.25, 0.3) is 0 Å². The SMILES string of the molecule is CN=C(NCCCS(=O)(=O)Cc1ccccc1)NCC1(CCO)CCOC1. The molecular formula is C19H31N3O4S. The zero-order valence-corrected chi connectivity index (χ0v) is 16.8. The molecular weight excluding hydrogens is 366 g/mol. The maximum absolute atomic E-state index is 12.2. The van der Waals surface area contributed by atoms with E-state index in [2.05, 4.69) is 15.6 Å². The fourth-order valence-electron chi connectivity index (χ4n) is 3.20. The quantitative estimate of drug-likeness (QED) is 0.309. The smallest absolute Gasteiger partial charge is 0.190 e. The number of guanidine groups is 1. The number of nitrogens with one attached hydrogen (secondary N) is 2. The van der Waals surface area contributed by atoms with Crippen molar-refractivity contribution in [3.05, 3.63) is 35.9 Å². The highest BCUT2D eigenvalue weighted by molar-refractivity contribution is 7.90. The van der Waals surface area contributed by atoms with Crippen molar-refractivity contribution >= 4 is 15.8 Å². The van der Waals surface area contributed by atoms with Crippen LogP contribution in [0, 0.1) is 5.41 Å². The van der Waals surface area contributed by atoms with Crippen molar-refractivity contribution in [3.8, 4) is 0 Å². The molecule has 1 unspecified atom stereocenters. The Balaban J connectivity index is 1.71. The van der Waals surface area contributed by atoms with Gasteiger partial charge in [0, 0.05) is 38.8 Å². The van der Waals surface area contributed by atoms with Gasteiger partial charge < -0.3 is 20.5 Å².